The molecule has 0 unspecified atom stereocenters. The third-order valence-electron chi connectivity index (χ3n) is 3.44. The number of aromatic nitrogens is 2. The molecule has 0 amide bonds. The number of pyridine rings is 2. The minimum absolute atomic E-state index is 0.485. The van der Waals surface area contributed by atoms with Crippen molar-refractivity contribution in [2.75, 3.05) is 11.9 Å². The maximum Gasteiger partial charge on any atom is 0.128 e. The topological polar surface area (TPSA) is 41.1 Å². The van der Waals surface area contributed by atoms with E-state index in [1.165, 1.54) is 11.1 Å². The lowest BCUT2D eigenvalue weighted by Crippen LogP contribution is -2.23. The molecule has 0 aromatic carbocycles. The fraction of sp³-hybridized carbons (Fsp3) is 0.412. The predicted molar refractivity (Wildman–Crippen MR) is 87.3 cm³/mol. The molecule has 0 aliphatic rings. The van der Waals surface area contributed by atoms with Crippen LogP contribution >= 0.6 is 0 Å². The standard InChI is InChI=1S/C17H24N4/c1-13(2)19-11-16-5-6-17(20-14(16)3)21(4)12-15-7-9-18-10-8-15/h5-10,13,19H,11-12H2,1-4H3. The van der Waals surface area contributed by atoms with Gasteiger partial charge in [-0.1, -0.05) is 19.9 Å². The quantitative estimate of drug-likeness (QED) is 0.885. The molecule has 2 aromatic heterocycles. The molecular formula is C17H24N4. The van der Waals surface area contributed by atoms with Crippen molar-refractivity contribution < 1.29 is 0 Å². The highest BCUT2D eigenvalue weighted by Crippen LogP contribution is 2.16. The highest BCUT2D eigenvalue weighted by molar-refractivity contribution is 5.41. The Kier molecular flexibility index (Phi) is 5.28. The van der Waals surface area contributed by atoms with Gasteiger partial charge in [-0.25, -0.2) is 4.98 Å². The molecule has 112 valence electrons. The van der Waals surface area contributed by atoms with E-state index < -0.39 is 0 Å². The van der Waals surface area contributed by atoms with E-state index in [4.69, 9.17) is 4.98 Å². The van der Waals surface area contributed by atoms with Crippen LogP contribution in [0.5, 0.6) is 0 Å². The van der Waals surface area contributed by atoms with Crippen LogP contribution < -0.4 is 10.2 Å². The summed E-state index contributed by atoms with van der Waals surface area (Å²) >= 11 is 0. The molecule has 2 aromatic rings. The second-order valence-electron chi connectivity index (χ2n) is 5.66. The molecule has 4 nitrogen and oxygen atoms in total. The first kappa shape index (κ1) is 15.4. The Morgan fingerprint density at radius 2 is 1.86 bits per heavy atom. The number of rotatable bonds is 6. The van der Waals surface area contributed by atoms with Crippen molar-refractivity contribution in [1.29, 1.82) is 0 Å². The summed E-state index contributed by atoms with van der Waals surface area (Å²) in [7, 11) is 2.06. The average molecular weight is 284 g/mol. The van der Waals surface area contributed by atoms with Crippen LogP contribution in [-0.4, -0.2) is 23.1 Å². The molecule has 0 saturated heterocycles. The minimum atomic E-state index is 0.485. The number of hydrogen-bond donors (Lipinski definition) is 1. The van der Waals surface area contributed by atoms with Crippen LogP contribution in [0.15, 0.2) is 36.7 Å². The Balaban J connectivity index is 2.05. The van der Waals surface area contributed by atoms with Crippen molar-refractivity contribution in [3.63, 3.8) is 0 Å². The molecule has 0 aliphatic heterocycles. The SMILES string of the molecule is Cc1nc(N(C)Cc2ccncc2)ccc1CNC(C)C. The molecule has 0 saturated carbocycles. The molecule has 2 rings (SSSR count). The van der Waals surface area contributed by atoms with Gasteiger partial charge in [-0.3, -0.25) is 4.98 Å². The zero-order valence-corrected chi connectivity index (χ0v) is 13.3. The predicted octanol–water partition coefficient (Wildman–Crippen LogP) is 2.92. The van der Waals surface area contributed by atoms with Gasteiger partial charge in [0.15, 0.2) is 0 Å². The highest BCUT2D eigenvalue weighted by atomic mass is 15.2. The van der Waals surface area contributed by atoms with E-state index in [0.29, 0.717) is 6.04 Å². The van der Waals surface area contributed by atoms with Crippen molar-refractivity contribution in [1.82, 2.24) is 15.3 Å². The second kappa shape index (κ2) is 7.18. The lowest BCUT2D eigenvalue weighted by molar-refractivity contribution is 0.586. The van der Waals surface area contributed by atoms with Gasteiger partial charge in [0.1, 0.15) is 5.82 Å². The lowest BCUT2D eigenvalue weighted by atomic mass is 10.2. The molecule has 1 N–H and O–H groups in total. The number of aryl methyl sites for hydroxylation is 1. The van der Waals surface area contributed by atoms with Gasteiger partial charge >= 0.3 is 0 Å². The number of hydrogen-bond acceptors (Lipinski definition) is 4. The van der Waals surface area contributed by atoms with E-state index in [9.17, 15) is 0 Å². The molecule has 0 aliphatic carbocycles. The molecule has 4 heteroatoms. The minimum Gasteiger partial charge on any atom is -0.355 e. The van der Waals surface area contributed by atoms with Gasteiger partial charge in [0, 0.05) is 44.3 Å². The summed E-state index contributed by atoms with van der Waals surface area (Å²) in [4.78, 5) is 10.9. The summed E-state index contributed by atoms with van der Waals surface area (Å²) in [6, 6.07) is 8.80. The summed E-state index contributed by atoms with van der Waals surface area (Å²) in [5.41, 5.74) is 3.57. The van der Waals surface area contributed by atoms with Crippen molar-refractivity contribution in [3.05, 3.63) is 53.5 Å². The maximum absolute atomic E-state index is 4.72. The zero-order chi connectivity index (χ0) is 15.2. The number of nitrogens with one attached hydrogen (secondary N) is 1. The zero-order valence-electron chi connectivity index (χ0n) is 13.3. The third kappa shape index (κ3) is 4.53. The third-order valence-corrected chi connectivity index (χ3v) is 3.44. The van der Waals surface area contributed by atoms with E-state index in [0.717, 1.165) is 24.6 Å². The smallest absolute Gasteiger partial charge is 0.128 e. The van der Waals surface area contributed by atoms with E-state index in [1.807, 2.05) is 24.5 Å². The normalized spacial score (nSPS) is 10.9. The highest BCUT2D eigenvalue weighted by Gasteiger charge is 2.07. The molecule has 0 atom stereocenters. The lowest BCUT2D eigenvalue weighted by Gasteiger charge is -2.20. The van der Waals surface area contributed by atoms with Crippen molar-refractivity contribution in [2.24, 2.45) is 0 Å². The Morgan fingerprint density at radius 3 is 2.48 bits per heavy atom. The molecule has 0 radical (unpaired) electrons. The van der Waals surface area contributed by atoms with E-state index in [1.54, 1.807) is 0 Å². The van der Waals surface area contributed by atoms with Gasteiger partial charge in [0.2, 0.25) is 0 Å². The number of nitrogens with zero attached hydrogens (tertiary/aromatic N) is 3. The molecular weight excluding hydrogens is 260 g/mol. The molecule has 0 fully saturated rings. The van der Waals surface area contributed by atoms with Gasteiger partial charge in [0.25, 0.3) is 0 Å². The van der Waals surface area contributed by atoms with Crippen LogP contribution in [0.25, 0.3) is 0 Å². The fourth-order valence-electron chi connectivity index (χ4n) is 2.13. The summed E-state index contributed by atoms with van der Waals surface area (Å²) in [6.07, 6.45) is 3.64. The van der Waals surface area contributed by atoms with Crippen LogP contribution in [0.2, 0.25) is 0 Å². The summed E-state index contributed by atoms with van der Waals surface area (Å²) in [5, 5.41) is 3.43. The van der Waals surface area contributed by atoms with Crippen LogP contribution in [0.4, 0.5) is 5.82 Å². The van der Waals surface area contributed by atoms with E-state index in [2.05, 4.69) is 55.2 Å². The van der Waals surface area contributed by atoms with Gasteiger partial charge in [-0.05, 0) is 36.2 Å². The summed E-state index contributed by atoms with van der Waals surface area (Å²) in [5.74, 6) is 0.998. The largest absolute Gasteiger partial charge is 0.355 e. The van der Waals surface area contributed by atoms with Crippen LogP contribution in [0, 0.1) is 6.92 Å². The Hall–Kier alpha value is -1.94. The Morgan fingerprint density at radius 1 is 1.14 bits per heavy atom. The van der Waals surface area contributed by atoms with E-state index in [-0.39, 0.29) is 0 Å². The fourth-order valence-corrected chi connectivity index (χ4v) is 2.13. The van der Waals surface area contributed by atoms with Crippen molar-refractivity contribution in [3.8, 4) is 0 Å². The van der Waals surface area contributed by atoms with Crippen molar-refractivity contribution in [2.45, 2.75) is 39.9 Å². The Labute approximate surface area is 127 Å². The number of anilines is 1. The second-order valence-corrected chi connectivity index (χ2v) is 5.66. The van der Waals surface area contributed by atoms with Gasteiger partial charge in [-0.2, -0.15) is 0 Å². The molecule has 2 heterocycles. The van der Waals surface area contributed by atoms with Gasteiger partial charge in [-0.15, -0.1) is 0 Å². The first-order valence-electron chi connectivity index (χ1n) is 7.36. The molecule has 0 bridgehead atoms. The van der Waals surface area contributed by atoms with Crippen LogP contribution in [0.1, 0.15) is 30.7 Å². The monoisotopic (exact) mass is 284 g/mol. The van der Waals surface area contributed by atoms with E-state index >= 15 is 0 Å². The first-order chi connectivity index (χ1) is 10.1. The Bertz CT molecular complexity index is 566. The summed E-state index contributed by atoms with van der Waals surface area (Å²) in [6.45, 7) is 8.07. The van der Waals surface area contributed by atoms with Crippen molar-refractivity contribution >= 4 is 5.82 Å². The average Bonchev–Trinajstić information content (AvgIpc) is 2.46. The van der Waals surface area contributed by atoms with Gasteiger partial charge < -0.3 is 10.2 Å². The van der Waals surface area contributed by atoms with Gasteiger partial charge in [0.05, 0.1) is 0 Å². The maximum atomic E-state index is 4.72. The molecule has 0 spiro atoms. The first-order valence-corrected chi connectivity index (χ1v) is 7.36. The van der Waals surface area contributed by atoms with Crippen LogP contribution in [-0.2, 0) is 13.1 Å². The molecule has 21 heavy (non-hydrogen) atoms. The summed E-state index contributed by atoms with van der Waals surface area (Å²) < 4.78 is 0. The van der Waals surface area contributed by atoms with Crippen LogP contribution in [0.3, 0.4) is 0 Å².